The van der Waals surface area contributed by atoms with Crippen LogP contribution in [-0.2, 0) is 15.6 Å². The second-order valence-corrected chi connectivity index (χ2v) is 8.39. The minimum atomic E-state index is -0.168. The summed E-state index contributed by atoms with van der Waals surface area (Å²) in [5.74, 6) is 0.560. The standard InChI is InChI=1S/C19H29NO2/c1-18(2,3)14-11-13(20-10-8-7-9-16(20)21)12-15(17(14)22)19(4,5)6/h11-12,22H,7-10H2,1-6H3. The van der Waals surface area contributed by atoms with Crippen molar-refractivity contribution in [1.82, 2.24) is 0 Å². The van der Waals surface area contributed by atoms with Crippen LogP contribution < -0.4 is 4.90 Å². The minimum Gasteiger partial charge on any atom is -0.507 e. The van der Waals surface area contributed by atoms with Crippen LogP contribution in [0.4, 0.5) is 5.69 Å². The highest BCUT2D eigenvalue weighted by Crippen LogP contribution is 2.42. The summed E-state index contributed by atoms with van der Waals surface area (Å²) in [6.07, 6.45) is 2.64. The Labute approximate surface area is 134 Å². The molecule has 0 bridgehead atoms. The molecule has 1 fully saturated rings. The van der Waals surface area contributed by atoms with Gasteiger partial charge in [0.15, 0.2) is 0 Å². The third-order valence-corrected chi connectivity index (χ3v) is 4.35. The van der Waals surface area contributed by atoms with Crippen molar-refractivity contribution in [3.8, 4) is 5.75 Å². The third-order valence-electron chi connectivity index (χ3n) is 4.35. The molecular formula is C19H29NO2. The van der Waals surface area contributed by atoms with Crippen LogP contribution in [0.2, 0.25) is 0 Å². The van der Waals surface area contributed by atoms with Crippen LogP contribution in [0.15, 0.2) is 12.1 Å². The van der Waals surface area contributed by atoms with Crippen LogP contribution in [0.25, 0.3) is 0 Å². The fourth-order valence-corrected chi connectivity index (χ4v) is 3.00. The fourth-order valence-electron chi connectivity index (χ4n) is 3.00. The van der Waals surface area contributed by atoms with Crippen LogP contribution >= 0.6 is 0 Å². The van der Waals surface area contributed by atoms with Crippen molar-refractivity contribution >= 4 is 11.6 Å². The zero-order chi connectivity index (χ0) is 16.7. The predicted molar refractivity (Wildman–Crippen MR) is 91.7 cm³/mol. The van der Waals surface area contributed by atoms with Gasteiger partial charge in [-0.25, -0.2) is 0 Å². The highest BCUT2D eigenvalue weighted by atomic mass is 16.3. The summed E-state index contributed by atoms with van der Waals surface area (Å²) in [7, 11) is 0. The van der Waals surface area contributed by atoms with Gasteiger partial charge >= 0.3 is 0 Å². The average Bonchev–Trinajstić information content (AvgIpc) is 2.37. The van der Waals surface area contributed by atoms with Gasteiger partial charge in [0, 0.05) is 29.8 Å². The number of hydrogen-bond donors (Lipinski definition) is 1. The molecule has 0 atom stereocenters. The summed E-state index contributed by atoms with van der Waals surface area (Å²) in [6.45, 7) is 13.3. The Morgan fingerprint density at radius 1 is 0.955 bits per heavy atom. The minimum absolute atomic E-state index is 0.168. The largest absolute Gasteiger partial charge is 0.507 e. The van der Waals surface area contributed by atoms with E-state index in [1.54, 1.807) is 0 Å². The zero-order valence-electron chi connectivity index (χ0n) is 14.8. The van der Waals surface area contributed by atoms with Gasteiger partial charge in [-0.1, -0.05) is 41.5 Å². The van der Waals surface area contributed by atoms with Crippen molar-refractivity contribution in [3.05, 3.63) is 23.3 Å². The Hall–Kier alpha value is -1.51. The van der Waals surface area contributed by atoms with Gasteiger partial charge in [-0.2, -0.15) is 0 Å². The molecule has 0 aromatic heterocycles. The average molecular weight is 303 g/mol. The number of benzene rings is 1. The normalized spacial score (nSPS) is 17.0. The monoisotopic (exact) mass is 303 g/mol. The molecule has 1 saturated heterocycles. The smallest absolute Gasteiger partial charge is 0.226 e. The molecule has 0 radical (unpaired) electrons. The van der Waals surface area contributed by atoms with Crippen LogP contribution in [0.5, 0.6) is 5.75 Å². The van der Waals surface area contributed by atoms with E-state index in [-0.39, 0.29) is 16.7 Å². The van der Waals surface area contributed by atoms with Gasteiger partial charge in [-0.05, 0) is 35.8 Å². The van der Waals surface area contributed by atoms with Gasteiger partial charge in [0.1, 0.15) is 5.75 Å². The Morgan fingerprint density at radius 3 is 1.86 bits per heavy atom. The first-order valence-electron chi connectivity index (χ1n) is 8.20. The maximum Gasteiger partial charge on any atom is 0.226 e. The second kappa shape index (κ2) is 5.60. The van der Waals surface area contributed by atoms with E-state index in [1.807, 2.05) is 17.0 Å². The molecule has 3 heteroatoms. The maximum absolute atomic E-state index is 12.3. The number of phenols is 1. The molecule has 3 nitrogen and oxygen atoms in total. The molecule has 1 N–H and O–H groups in total. The Balaban J connectivity index is 2.62. The van der Waals surface area contributed by atoms with E-state index in [2.05, 4.69) is 41.5 Å². The van der Waals surface area contributed by atoms with Crippen molar-refractivity contribution in [2.75, 3.05) is 11.4 Å². The highest BCUT2D eigenvalue weighted by Gasteiger charge is 2.29. The first-order valence-corrected chi connectivity index (χ1v) is 8.20. The van der Waals surface area contributed by atoms with Gasteiger partial charge in [-0.3, -0.25) is 4.79 Å². The molecule has 0 unspecified atom stereocenters. The van der Waals surface area contributed by atoms with E-state index in [4.69, 9.17) is 0 Å². The molecule has 0 saturated carbocycles. The number of carbonyl (C=O) groups is 1. The topological polar surface area (TPSA) is 40.5 Å². The van der Waals surface area contributed by atoms with Crippen LogP contribution in [0.1, 0.15) is 71.9 Å². The number of amides is 1. The van der Waals surface area contributed by atoms with Gasteiger partial charge in [0.2, 0.25) is 5.91 Å². The summed E-state index contributed by atoms with van der Waals surface area (Å²) in [5.41, 5.74) is 2.41. The summed E-state index contributed by atoms with van der Waals surface area (Å²) in [4.78, 5) is 14.1. The number of carbonyl (C=O) groups excluding carboxylic acids is 1. The molecule has 22 heavy (non-hydrogen) atoms. The SMILES string of the molecule is CC(C)(C)c1cc(N2CCCCC2=O)cc(C(C)(C)C)c1O. The molecule has 1 aliphatic rings. The van der Waals surface area contributed by atoms with Gasteiger partial charge in [-0.15, -0.1) is 0 Å². The lowest BCUT2D eigenvalue weighted by molar-refractivity contribution is -0.119. The number of nitrogens with zero attached hydrogens (tertiary/aromatic N) is 1. The second-order valence-electron chi connectivity index (χ2n) is 8.39. The molecule has 1 aromatic rings. The summed E-state index contributed by atoms with van der Waals surface area (Å²) in [6, 6.07) is 3.99. The molecule has 0 aliphatic carbocycles. The number of rotatable bonds is 1. The molecule has 1 heterocycles. The van der Waals surface area contributed by atoms with Crippen molar-refractivity contribution < 1.29 is 9.90 Å². The summed E-state index contributed by atoms with van der Waals surface area (Å²) < 4.78 is 0. The number of anilines is 1. The first-order chi connectivity index (χ1) is 10.0. The zero-order valence-corrected chi connectivity index (χ0v) is 14.8. The molecule has 1 aliphatic heterocycles. The lowest BCUT2D eigenvalue weighted by atomic mass is 9.79. The van der Waals surface area contributed by atoms with E-state index in [1.165, 1.54) is 0 Å². The van der Waals surface area contributed by atoms with Gasteiger partial charge in [0.25, 0.3) is 0 Å². The Kier molecular flexibility index (Phi) is 4.29. The third kappa shape index (κ3) is 3.29. The fraction of sp³-hybridized carbons (Fsp3) is 0.632. The van der Waals surface area contributed by atoms with Crippen LogP contribution in [0, 0.1) is 0 Å². The van der Waals surface area contributed by atoms with Crippen molar-refractivity contribution in [2.24, 2.45) is 0 Å². The summed E-state index contributed by atoms with van der Waals surface area (Å²) >= 11 is 0. The van der Waals surface area contributed by atoms with Crippen molar-refractivity contribution in [3.63, 3.8) is 0 Å². The number of piperidine rings is 1. The molecular weight excluding hydrogens is 274 g/mol. The molecule has 122 valence electrons. The maximum atomic E-state index is 12.3. The number of phenolic OH excluding ortho intramolecular Hbond substituents is 1. The first kappa shape index (κ1) is 16.9. The lowest BCUT2D eigenvalue weighted by Crippen LogP contribution is -2.35. The Morgan fingerprint density at radius 2 is 1.45 bits per heavy atom. The number of hydrogen-bond acceptors (Lipinski definition) is 2. The molecule has 1 amide bonds. The summed E-state index contributed by atoms with van der Waals surface area (Å²) in [5, 5.41) is 10.7. The van der Waals surface area contributed by atoms with Crippen molar-refractivity contribution in [2.45, 2.75) is 71.6 Å². The van der Waals surface area contributed by atoms with Crippen molar-refractivity contribution in [1.29, 1.82) is 0 Å². The number of aromatic hydroxyl groups is 1. The van der Waals surface area contributed by atoms with E-state index >= 15 is 0 Å². The lowest BCUT2D eigenvalue weighted by Gasteiger charge is -2.32. The highest BCUT2D eigenvalue weighted by molar-refractivity contribution is 5.94. The predicted octanol–water partition coefficient (Wildman–Crippen LogP) is 4.50. The van der Waals surface area contributed by atoms with Crippen LogP contribution in [0.3, 0.4) is 0 Å². The van der Waals surface area contributed by atoms with E-state index in [9.17, 15) is 9.90 Å². The van der Waals surface area contributed by atoms with E-state index in [0.717, 1.165) is 36.2 Å². The Bertz CT molecular complexity index is 541. The van der Waals surface area contributed by atoms with E-state index < -0.39 is 0 Å². The molecule has 0 spiro atoms. The van der Waals surface area contributed by atoms with Gasteiger partial charge < -0.3 is 10.0 Å². The van der Waals surface area contributed by atoms with E-state index in [0.29, 0.717) is 12.2 Å². The van der Waals surface area contributed by atoms with Crippen LogP contribution in [-0.4, -0.2) is 17.6 Å². The van der Waals surface area contributed by atoms with Gasteiger partial charge in [0.05, 0.1) is 0 Å². The molecule has 2 rings (SSSR count). The quantitative estimate of drug-likeness (QED) is 0.829. The molecule has 1 aromatic carbocycles.